The number of benzene rings is 2. The van der Waals surface area contributed by atoms with Gasteiger partial charge in [-0.3, -0.25) is 4.79 Å². The van der Waals surface area contributed by atoms with E-state index in [1.54, 1.807) is 6.92 Å². The van der Waals surface area contributed by atoms with Crippen LogP contribution in [0.5, 0.6) is 28.7 Å². The average Bonchev–Trinajstić information content (AvgIpc) is 2.49. The van der Waals surface area contributed by atoms with E-state index in [1.807, 2.05) is 0 Å². The second-order valence-electron chi connectivity index (χ2n) is 4.80. The highest BCUT2D eigenvalue weighted by atomic mass is 35.5. The number of hydrogen-bond donors (Lipinski definition) is 3. The highest BCUT2D eigenvalue weighted by molar-refractivity contribution is 6.34. The van der Waals surface area contributed by atoms with Crippen molar-refractivity contribution in [3.05, 3.63) is 39.9 Å². The van der Waals surface area contributed by atoms with Gasteiger partial charge in [-0.05, 0) is 18.6 Å². The van der Waals surface area contributed by atoms with Gasteiger partial charge >= 0.3 is 0 Å². The molecule has 122 valence electrons. The number of carbonyl (C=O) groups is 1. The summed E-state index contributed by atoms with van der Waals surface area (Å²) in [5.74, 6) is -1.70. The molecule has 2 aromatic rings. The number of methoxy groups -OCH3 is 2. The molecule has 0 fully saturated rings. The fourth-order valence-electron chi connectivity index (χ4n) is 2.29. The van der Waals surface area contributed by atoms with E-state index in [-0.39, 0.29) is 33.4 Å². The molecule has 0 amide bonds. The van der Waals surface area contributed by atoms with Crippen LogP contribution in [0, 0.1) is 6.92 Å². The van der Waals surface area contributed by atoms with Crippen LogP contribution >= 0.6 is 11.6 Å². The van der Waals surface area contributed by atoms with Crippen molar-refractivity contribution < 1.29 is 29.6 Å². The van der Waals surface area contributed by atoms with Crippen LogP contribution in [0.3, 0.4) is 0 Å². The third-order valence-corrected chi connectivity index (χ3v) is 3.73. The number of rotatable bonds is 4. The van der Waals surface area contributed by atoms with E-state index in [9.17, 15) is 20.1 Å². The fraction of sp³-hybridized carbons (Fsp3) is 0.188. The Hall–Kier alpha value is -2.60. The highest BCUT2D eigenvalue weighted by Crippen LogP contribution is 2.43. The number of phenolic OH excluding ortho intramolecular Hbond substituents is 3. The summed E-state index contributed by atoms with van der Waals surface area (Å²) in [5.41, 5.74) is 0.137. The summed E-state index contributed by atoms with van der Waals surface area (Å²) >= 11 is 5.93. The molecular weight excluding hydrogens is 324 g/mol. The minimum Gasteiger partial charge on any atom is -0.508 e. The topological polar surface area (TPSA) is 96.2 Å². The van der Waals surface area contributed by atoms with Crippen LogP contribution in [-0.4, -0.2) is 35.3 Å². The predicted molar refractivity (Wildman–Crippen MR) is 84.2 cm³/mol. The van der Waals surface area contributed by atoms with Crippen LogP contribution < -0.4 is 9.47 Å². The Morgan fingerprint density at radius 1 is 1.00 bits per heavy atom. The monoisotopic (exact) mass is 338 g/mol. The first-order valence-corrected chi connectivity index (χ1v) is 6.90. The molecule has 2 rings (SSSR count). The van der Waals surface area contributed by atoms with Crippen LogP contribution in [0.1, 0.15) is 21.5 Å². The lowest BCUT2D eigenvalue weighted by molar-refractivity contribution is 0.103. The highest BCUT2D eigenvalue weighted by Gasteiger charge is 2.27. The van der Waals surface area contributed by atoms with Gasteiger partial charge in [-0.1, -0.05) is 11.6 Å². The Balaban J connectivity index is 2.70. The van der Waals surface area contributed by atoms with Gasteiger partial charge in [0.05, 0.1) is 19.8 Å². The summed E-state index contributed by atoms with van der Waals surface area (Å²) in [6, 6.07) is 3.77. The van der Waals surface area contributed by atoms with E-state index >= 15 is 0 Å². The average molecular weight is 339 g/mol. The van der Waals surface area contributed by atoms with Gasteiger partial charge in [-0.25, -0.2) is 0 Å². The van der Waals surface area contributed by atoms with Crippen LogP contribution in [0.4, 0.5) is 0 Å². The van der Waals surface area contributed by atoms with Gasteiger partial charge in [0, 0.05) is 12.1 Å². The number of aryl methyl sites for hydroxylation is 1. The first kappa shape index (κ1) is 16.8. The molecule has 0 heterocycles. The first-order chi connectivity index (χ1) is 10.8. The molecule has 2 aromatic carbocycles. The summed E-state index contributed by atoms with van der Waals surface area (Å²) in [4.78, 5) is 12.8. The van der Waals surface area contributed by atoms with E-state index in [4.69, 9.17) is 21.1 Å². The lowest BCUT2D eigenvalue weighted by Crippen LogP contribution is -2.08. The Morgan fingerprint density at radius 3 is 2.17 bits per heavy atom. The van der Waals surface area contributed by atoms with Crippen LogP contribution in [0.25, 0.3) is 0 Å². The van der Waals surface area contributed by atoms with Crippen molar-refractivity contribution in [3.63, 3.8) is 0 Å². The van der Waals surface area contributed by atoms with Gasteiger partial charge in [0.1, 0.15) is 33.6 Å². The lowest BCUT2D eigenvalue weighted by atomic mass is 9.96. The summed E-state index contributed by atoms with van der Waals surface area (Å²) in [6.07, 6.45) is 0. The maximum absolute atomic E-state index is 12.8. The zero-order valence-electron chi connectivity index (χ0n) is 12.7. The number of carbonyl (C=O) groups excluding carboxylic acids is 1. The number of hydrogen-bond acceptors (Lipinski definition) is 6. The molecule has 3 N–H and O–H groups in total. The summed E-state index contributed by atoms with van der Waals surface area (Å²) in [5, 5.41) is 29.6. The first-order valence-electron chi connectivity index (χ1n) is 6.52. The molecule has 0 atom stereocenters. The number of halogens is 1. The summed E-state index contributed by atoms with van der Waals surface area (Å²) in [7, 11) is 2.65. The summed E-state index contributed by atoms with van der Waals surface area (Å²) < 4.78 is 10.0. The van der Waals surface area contributed by atoms with Gasteiger partial charge in [0.15, 0.2) is 5.75 Å². The van der Waals surface area contributed by atoms with Gasteiger partial charge < -0.3 is 24.8 Å². The van der Waals surface area contributed by atoms with Crippen molar-refractivity contribution in [2.24, 2.45) is 0 Å². The molecule has 0 aliphatic rings. The second kappa shape index (κ2) is 6.26. The maximum Gasteiger partial charge on any atom is 0.204 e. The molecule has 0 aliphatic carbocycles. The van der Waals surface area contributed by atoms with Crippen molar-refractivity contribution in [1.82, 2.24) is 0 Å². The minimum absolute atomic E-state index is 0.0348. The third-order valence-electron chi connectivity index (χ3n) is 3.36. The number of ketones is 1. The Bertz CT molecular complexity index is 785. The van der Waals surface area contributed by atoms with Crippen molar-refractivity contribution in [1.29, 1.82) is 0 Å². The van der Waals surface area contributed by atoms with Gasteiger partial charge in [0.2, 0.25) is 5.78 Å². The van der Waals surface area contributed by atoms with Crippen LogP contribution in [0.15, 0.2) is 18.2 Å². The van der Waals surface area contributed by atoms with Crippen LogP contribution in [0.2, 0.25) is 5.02 Å². The molecule has 0 radical (unpaired) electrons. The van der Waals surface area contributed by atoms with E-state index in [0.29, 0.717) is 5.56 Å². The SMILES string of the molecule is COc1cc(O)c(C(=O)c2c(C)cc(O)cc2OC)c(O)c1Cl. The predicted octanol–water partition coefficient (Wildman–Crippen LogP) is 3.01. The molecule has 0 saturated carbocycles. The Morgan fingerprint density at radius 2 is 1.61 bits per heavy atom. The standard InChI is InChI=1S/C16H15ClO6/c1-7-4-8(18)5-10(22-2)12(7)15(20)13-9(19)6-11(23-3)14(17)16(13)21/h4-6,18-19,21H,1-3H3. The third kappa shape index (κ3) is 2.85. The van der Waals surface area contributed by atoms with Crippen LogP contribution in [-0.2, 0) is 0 Å². The number of ether oxygens (including phenoxy) is 2. The van der Waals surface area contributed by atoms with Crippen molar-refractivity contribution in [3.8, 4) is 28.7 Å². The molecule has 23 heavy (non-hydrogen) atoms. The molecule has 0 saturated heterocycles. The Kier molecular flexibility index (Phi) is 4.56. The summed E-state index contributed by atoms with van der Waals surface area (Å²) in [6.45, 7) is 1.59. The van der Waals surface area contributed by atoms with Crippen molar-refractivity contribution >= 4 is 17.4 Å². The van der Waals surface area contributed by atoms with E-state index in [2.05, 4.69) is 0 Å². The van der Waals surface area contributed by atoms with E-state index in [1.165, 1.54) is 26.4 Å². The smallest absolute Gasteiger partial charge is 0.204 e. The molecule has 6 nitrogen and oxygen atoms in total. The number of phenols is 3. The zero-order chi connectivity index (χ0) is 17.3. The zero-order valence-corrected chi connectivity index (χ0v) is 13.4. The van der Waals surface area contributed by atoms with Gasteiger partial charge in [-0.15, -0.1) is 0 Å². The Labute approximate surface area is 137 Å². The molecule has 0 bridgehead atoms. The quantitative estimate of drug-likeness (QED) is 0.742. The van der Waals surface area contributed by atoms with Gasteiger partial charge in [0.25, 0.3) is 0 Å². The van der Waals surface area contributed by atoms with E-state index < -0.39 is 17.3 Å². The van der Waals surface area contributed by atoms with Crippen molar-refractivity contribution in [2.75, 3.05) is 14.2 Å². The minimum atomic E-state index is -0.695. The fourth-order valence-corrected chi connectivity index (χ4v) is 2.52. The molecule has 7 heteroatoms. The lowest BCUT2D eigenvalue weighted by Gasteiger charge is -2.15. The normalized spacial score (nSPS) is 10.4. The largest absolute Gasteiger partial charge is 0.508 e. The molecule has 0 spiro atoms. The molecule has 0 aliphatic heterocycles. The second-order valence-corrected chi connectivity index (χ2v) is 5.18. The van der Waals surface area contributed by atoms with E-state index in [0.717, 1.165) is 6.07 Å². The maximum atomic E-state index is 12.8. The van der Waals surface area contributed by atoms with Gasteiger partial charge in [-0.2, -0.15) is 0 Å². The van der Waals surface area contributed by atoms with Crippen molar-refractivity contribution in [2.45, 2.75) is 6.92 Å². The number of aromatic hydroxyl groups is 3. The molecular formula is C16H15ClO6. The molecule has 0 aromatic heterocycles. The molecule has 0 unspecified atom stereocenters.